The quantitative estimate of drug-likeness (QED) is 0.570. The van der Waals surface area contributed by atoms with Crippen LogP contribution < -0.4 is 4.90 Å². The van der Waals surface area contributed by atoms with E-state index in [9.17, 15) is 14.7 Å². The molecule has 31 heavy (non-hydrogen) atoms. The van der Waals surface area contributed by atoms with E-state index in [0.717, 1.165) is 17.5 Å². The summed E-state index contributed by atoms with van der Waals surface area (Å²) in [4.78, 5) is 27.8. The molecule has 156 valence electrons. The topological polar surface area (TPSA) is 57.6 Å². The van der Waals surface area contributed by atoms with E-state index in [2.05, 4.69) is 6.92 Å². The maximum atomic E-state index is 13.3. The van der Waals surface area contributed by atoms with Crippen LogP contribution in [0.2, 0.25) is 0 Å². The number of aliphatic hydroxyl groups is 1. The molecule has 3 aromatic rings. The molecular weight excluding hydrogens is 386 g/mol. The molecule has 0 radical (unpaired) electrons. The third-order valence-corrected chi connectivity index (χ3v) is 5.73. The maximum absolute atomic E-state index is 13.3. The highest BCUT2D eigenvalue weighted by Gasteiger charge is 2.43. The second-order valence-corrected chi connectivity index (χ2v) is 7.68. The van der Waals surface area contributed by atoms with Crippen LogP contribution in [-0.4, -0.2) is 16.8 Å². The summed E-state index contributed by atoms with van der Waals surface area (Å²) in [5, 5.41) is 10.8. The van der Waals surface area contributed by atoms with Gasteiger partial charge in [-0.2, -0.15) is 0 Å². The normalized spacial score (nSPS) is 16.1. The zero-order chi connectivity index (χ0) is 21.8. The van der Waals surface area contributed by atoms with Crippen molar-refractivity contribution in [3.8, 4) is 0 Å². The minimum absolute atomic E-state index is 0.175. The number of ketones is 1. The third kappa shape index (κ3) is 4.15. The third-order valence-electron chi connectivity index (χ3n) is 5.73. The molecule has 4 nitrogen and oxygen atoms in total. The first-order valence-corrected chi connectivity index (χ1v) is 10.6. The Morgan fingerprint density at radius 2 is 1.48 bits per heavy atom. The molecule has 0 fully saturated rings. The van der Waals surface area contributed by atoms with E-state index in [1.165, 1.54) is 10.5 Å². The van der Waals surface area contributed by atoms with Crippen molar-refractivity contribution in [2.45, 2.75) is 32.2 Å². The Morgan fingerprint density at radius 1 is 0.871 bits per heavy atom. The first-order valence-electron chi connectivity index (χ1n) is 10.6. The van der Waals surface area contributed by atoms with Gasteiger partial charge in [0.25, 0.3) is 5.91 Å². The average Bonchev–Trinajstić information content (AvgIpc) is 3.09. The number of hydrogen-bond donors (Lipinski definition) is 1. The van der Waals surface area contributed by atoms with Crippen molar-refractivity contribution in [2.75, 3.05) is 4.90 Å². The van der Waals surface area contributed by atoms with Crippen molar-refractivity contribution in [3.63, 3.8) is 0 Å². The highest BCUT2D eigenvalue weighted by molar-refractivity contribution is 6.16. The van der Waals surface area contributed by atoms with Gasteiger partial charge in [0.15, 0.2) is 11.5 Å². The number of aryl methyl sites for hydroxylation is 2. The van der Waals surface area contributed by atoms with Gasteiger partial charge in [0, 0.05) is 12.1 Å². The van der Waals surface area contributed by atoms with Gasteiger partial charge < -0.3 is 5.11 Å². The fourth-order valence-electron chi connectivity index (χ4n) is 4.03. The van der Waals surface area contributed by atoms with Gasteiger partial charge in [-0.25, -0.2) is 0 Å². The molecule has 0 spiro atoms. The van der Waals surface area contributed by atoms with Crippen LogP contribution in [-0.2, 0) is 22.4 Å². The summed E-state index contributed by atoms with van der Waals surface area (Å²) in [5.41, 5.74) is 3.85. The van der Waals surface area contributed by atoms with E-state index < -0.39 is 17.7 Å². The molecule has 1 heterocycles. The number of Topliss-reactive ketones (excluding diaryl/α,β-unsaturated/α-hetero) is 1. The predicted molar refractivity (Wildman–Crippen MR) is 122 cm³/mol. The van der Waals surface area contributed by atoms with E-state index >= 15 is 0 Å². The van der Waals surface area contributed by atoms with Crippen LogP contribution in [0.5, 0.6) is 0 Å². The van der Waals surface area contributed by atoms with E-state index in [4.69, 9.17) is 0 Å². The van der Waals surface area contributed by atoms with Gasteiger partial charge in [-0.05, 0) is 41.7 Å². The van der Waals surface area contributed by atoms with Crippen LogP contribution in [0.15, 0.2) is 96.3 Å². The lowest BCUT2D eigenvalue weighted by Crippen LogP contribution is -2.31. The number of carbonyl (C=O) groups is 2. The van der Waals surface area contributed by atoms with Crippen LogP contribution in [0.25, 0.3) is 0 Å². The first kappa shape index (κ1) is 20.6. The van der Waals surface area contributed by atoms with Gasteiger partial charge in [0.05, 0.1) is 11.6 Å². The number of benzene rings is 3. The van der Waals surface area contributed by atoms with Crippen molar-refractivity contribution < 1.29 is 14.7 Å². The highest BCUT2D eigenvalue weighted by atomic mass is 16.3. The van der Waals surface area contributed by atoms with Crippen LogP contribution in [0.1, 0.15) is 36.1 Å². The summed E-state index contributed by atoms with van der Waals surface area (Å²) in [7, 11) is 0. The summed E-state index contributed by atoms with van der Waals surface area (Å²) in [6.45, 7) is 2.08. The molecule has 1 unspecified atom stereocenters. The molecule has 0 aromatic heterocycles. The van der Waals surface area contributed by atoms with Gasteiger partial charge in [-0.15, -0.1) is 0 Å². The summed E-state index contributed by atoms with van der Waals surface area (Å²) in [6, 6.07) is 26.2. The Kier molecular flexibility index (Phi) is 5.99. The number of carbonyl (C=O) groups excluding carboxylic acids is 2. The lowest BCUT2D eigenvalue weighted by atomic mass is 9.92. The molecule has 0 saturated carbocycles. The smallest absolute Gasteiger partial charge is 0.294 e. The number of hydrogen-bond acceptors (Lipinski definition) is 3. The number of amides is 1. The standard InChI is InChI=1S/C27H25NO3/c1-2-19-13-16-21(17-14-19)25-24(23(29)18-15-20-9-5-3-6-10-20)26(30)27(31)28(25)22-11-7-4-8-12-22/h3-14,16-17,25,30H,2,15,18H2,1H3. The number of aliphatic hydroxyl groups excluding tert-OH is 1. The van der Waals surface area contributed by atoms with Crippen molar-refractivity contribution in [2.24, 2.45) is 0 Å². The molecule has 1 N–H and O–H groups in total. The van der Waals surface area contributed by atoms with E-state index in [1.54, 1.807) is 0 Å². The summed E-state index contributed by atoms with van der Waals surface area (Å²) in [5.74, 6) is -1.21. The van der Waals surface area contributed by atoms with Crippen molar-refractivity contribution in [1.29, 1.82) is 0 Å². The zero-order valence-corrected chi connectivity index (χ0v) is 17.5. The monoisotopic (exact) mass is 411 g/mol. The fraction of sp³-hybridized carbons (Fsp3) is 0.185. The second-order valence-electron chi connectivity index (χ2n) is 7.68. The summed E-state index contributed by atoms with van der Waals surface area (Å²) >= 11 is 0. The summed E-state index contributed by atoms with van der Waals surface area (Å²) in [6.07, 6.45) is 1.68. The molecule has 4 heteroatoms. The first-order chi connectivity index (χ1) is 15.1. The van der Waals surface area contributed by atoms with Gasteiger partial charge in [-0.1, -0.05) is 79.7 Å². The minimum atomic E-state index is -0.649. The van der Waals surface area contributed by atoms with E-state index in [0.29, 0.717) is 12.1 Å². The second kappa shape index (κ2) is 9.00. The number of anilines is 1. The average molecular weight is 412 g/mol. The Morgan fingerprint density at radius 3 is 2.10 bits per heavy atom. The molecule has 1 amide bonds. The van der Waals surface area contributed by atoms with Crippen LogP contribution >= 0.6 is 0 Å². The van der Waals surface area contributed by atoms with Crippen LogP contribution in [0.4, 0.5) is 5.69 Å². The van der Waals surface area contributed by atoms with Crippen molar-refractivity contribution in [3.05, 3.63) is 113 Å². The van der Waals surface area contributed by atoms with E-state index in [-0.39, 0.29) is 17.8 Å². The van der Waals surface area contributed by atoms with Crippen LogP contribution in [0, 0.1) is 0 Å². The number of rotatable bonds is 7. The van der Waals surface area contributed by atoms with Crippen molar-refractivity contribution in [1.82, 2.24) is 0 Å². The molecule has 1 aliphatic rings. The van der Waals surface area contributed by atoms with E-state index in [1.807, 2.05) is 84.9 Å². The molecule has 3 aromatic carbocycles. The lowest BCUT2D eigenvalue weighted by Gasteiger charge is -2.27. The minimum Gasteiger partial charge on any atom is -0.503 e. The highest BCUT2D eigenvalue weighted by Crippen LogP contribution is 2.41. The van der Waals surface area contributed by atoms with Gasteiger partial charge in [0.1, 0.15) is 0 Å². The molecule has 0 aliphatic carbocycles. The molecule has 1 atom stereocenters. The Hall–Kier alpha value is -3.66. The molecule has 0 bridgehead atoms. The Balaban J connectivity index is 1.71. The fourth-order valence-corrected chi connectivity index (χ4v) is 4.03. The largest absolute Gasteiger partial charge is 0.503 e. The molecule has 4 rings (SSSR count). The Labute approximate surface area is 182 Å². The summed E-state index contributed by atoms with van der Waals surface area (Å²) < 4.78 is 0. The number of nitrogens with zero attached hydrogens (tertiary/aromatic N) is 1. The lowest BCUT2D eigenvalue weighted by molar-refractivity contribution is -0.118. The molecular formula is C27H25NO3. The van der Waals surface area contributed by atoms with Gasteiger partial charge in [-0.3, -0.25) is 14.5 Å². The molecule has 1 aliphatic heterocycles. The predicted octanol–water partition coefficient (Wildman–Crippen LogP) is 5.35. The maximum Gasteiger partial charge on any atom is 0.294 e. The van der Waals surface area contributed by atoms with Gasteiger partial charge in [0.2, 0.25) is 0 Å². The zero-order valence-electron chi connectivity index (χ0n) is 17.5. The molecule has 0 saturated heterocycles. The SMILES string of the molecule is CCc1ccc(C2C(C(=O)CCc3ccccc3)=C(O)C(=O)N2c2ccccc2)cc1. The van der Waals surface area contributed by atoms with Gasteiger partial charge >= 0.3 is 0 Å². The number of para-hydroxylation sites is 1. The van der Waals surface area contributed by atoms with Crippen molar-refractivity contribution >= 4 is 17.4 Å². The van der Waals surface area contributed by atoms with Crippen LogP contribution in [0.3, 0.4) is 0 Å². The Bertz CT molecular complexity index is 1100.